The topological polar surface area (TPSA) is 23.8 Å². The first-order valence-electron chi connectivity index (χ1n) is 3.38. The number of alkyl halides is 1. The van der Waals surface area contributed by atoms with Crippen molar-refractivity contribution in [2.24, 2.45) is 5.92 Å². The molecule has 1 aliphatic rings. The third-order valence-corrected chi connectivity index (χ3v) is 2.89. The summed E-state index contributed by atoms with van der Waals surface area (Å²) in [6, 6.07) is 2.22. The minimum atomic E-state index is 0.111. The molecule has 0 bridgehead atoms. The molecule has 0 amide bonds. The average Bonchev–Trinajstić information content (AvgIpc) is 2.37. The van der Waals surface area contributed by atoms with Gasteiger partial charge in [-0.1, -0.05) is 28.8 Å². The first-order valence-corrected chi connectivity index (χ1v) is 4.30. The quantitative estimate of drug-likeness (QED) is 0.580. The highest BCUT2D eigenvalue weighted by atomic mass is 79.9. The van der Waals surface area contributed by atoms with Gasteiger partial charge >= 0.3 is 0 Å². The lowest BCUT2D eigenvalue weighted by Gasteiger charge is -2.06. The normalized spacial score (nSPS) is 23.6. The van der Waals surface area contributed by atoms with E-state index in [1.165, 1.54) is 25.7 Å². The zero-order valence-corrected chi connectivity index (χ0v) is 6.89. The molecule has 0 aromatic heterocycles. The van der Waals surface area contributed by atoms with E-state index in [9.17, 15) is 0 Å². The maximum Gasteiger partial charge on any atom is 0.104 e. The van der Waals surface area contributed by atoms with Crippen molar-refractivity contribution in [1.82, 2.24) is 0 Å². The molecule has 1 aliphatic carbocycles. The smallest absolute Gasteiger partial charge is 0.104 e. The van der Waals surface area contributed by atoms with Crippen LogP contribution in [0.4, 0.5) is 0 Å². The van der Waals surface area contributed by atoms with Gasteiger partial charge in [-0.05, 0) is 18.8 Å². The Morgan fingerprint density at radius 1 is 1.44 bits per heavy atom. The largest absolute Gasteiger partial charge is 0.197 e. The van der Waals surface area contributed by atoms with E-state index in [1.54, 1.807) is 0 Å². The second-order valence-corrected chi connectivity index (χ2v) is 3.56. The molecule has 0 radical (unpaired) electrons. The summed E-state index contributed by atoms with van der Waals surface area (Å²) < 4.78 is 0. The molecule has 0 saturated heterocycles. The summed E-state index contributed by atoms with van der Waals surface area (Å²) in [5.41, 5.74) is 0. The molecule has 0 aromatic carbocycles. The third-order valence-electron chi connectivity index (χ3n) is 1.94. The number of nitriles is 1. The van der Waals surface area contributed by atoms with Crippen LogP contribution in [0.25, 0.3) is 0 Å². The zero-order valence-electron chi connectivity index (χ0n) is 5.31. The molecule has 1 atom stereocenters. The number of hydrogen-bond donors (Lipinski definition) is 0. The lowest BCUT2D eigenvalue weighted by Crippen LogP contribution is -2.06. The standard InChI is InChI=1S/C7H10BrN/c8-7(5-9)6-3-1-2-4-6/h6-7H,1-4H2/t7-/m1/s1. The summed E-state index contributed by atoms with van der Waals surface area (Å²) in [4.78, 5) is 0.111. The first kappa shape index (κ1) is 7.08. The van der Waals surface area contributed by atoms with E-state index in [0.717, 1.165) is 0 Å². The zero-order chi connectivity index (χ0) is 6.69. The predicted octanol–water partition coefficient (Wildman–Crippen LogP) is 2.46. The average molecular weight is 188 g/mol. The molecule has 1 nitrogen and oxygen atoms in total. The third kappa shape index (κ3) is 1.69. The summed E-state index contributed by atoms with van der Waals surface area (Å²) in [7, 11) is 0. The minimum Gasteiger partial charge on any atom is -0.197 e. The Morgan fingerprint density at radius 2 is 2.00 bits per heavy atom. The van der Waals surface area contributed by atoms with Crippen molar-refractivity contribution in [2.45, 2.75) is 30.5 Å². The Hall–Kier alpha value is -0.0300. The molecular formula is C7H10BrN. The van der Waals surface area contributed by atoms with Gasteiger partial charge in [-0.3, -0.25) is 0 Å². The highest BCUT2D eigenvalue weighted by Crippen LogP contribution is 2.30. The molecule has 0 unspecified atom stereocenters. The van der Waals surface area contributed by atoms with Crippen LogP contribution in [0.2, 0.25) is 0 Å². The van der Waals surface area contributed by atoms with Crippen LogP contribution in [0.3, 0.4) is 0 Å². The van der Waals surface area contributed by atoms with Gasteiger partial charge in [0.05, 0.1) is 6.07 Å². The summed E-state index contributed by atoms with van der Waals surface area (Å²) in [5, 5.41) is 8.50. The van der Waals surface area contributed by atoms with E-state index in [-0.39, 0.29) is 4.83 Å². The van der Waals surface area contributed by atoms with Crippen LogP contribution in [0.1, 0.15) is 25.7 Å². The predicted molar refractivity (Wildman–Crippen MR) is 40.3 cm³/mol. The van der Waals surface area contributed by atoms with Crippen LogP contribution in [-0.4, -0.2) is 4.83 Å². The fraction of sp³-hybridized carbons (Fsp3) is 0.857. The number of halogens is 1. The van der Waals surface area contributed by atoms with Gasteiger partial charge < -0.3 is 0 Å². The molecule has 0 heterocycles. The van der Waals surface area contributed by atoms with Crippen molar-refractivity contribution in [2.75, 3.05) is 0 Å². The Kier molecular flexibility index (Phi) is 2.53. The van der Waals surface area contributed by atoms with Gasteiger partial charge in [0, 0.05) is 0 Å². The Balaban J connectivity index is 2.34. The second-order valence-electron chi connectivity index (χ2n) is 2.58. The summed E-state index contributed by atoms with van der Waals surface area (Å²) in [6.45, 7) is 0. The van der Waals surface area contributed by atoms with Crippen molar-refractivity contribution in [3.05, 3.63) is 0 Å². The lowest BCUT2D eigenvalue weighted by atomic mass is 10.1. The van der Waals surface area contributed by atoms with Crippen LogP contribution in [-0.2, 0) is 0 Å². The SMILES string of the molecule is N#C[C@@H](Br)C1CCCC1. The van der Waals surface area contributed by atoms with E-state index >= 15 is 0 Å². The maximum atomic E-state index is 8.50. The van der Waals surface area contributed by atoms with Gasteiger partial charge in [-0.2, -0.15) is 5.26 Å². The van der Waals surface area contributed by atoms with Gasteiger partial charge in [-0.25, -0.2) is 0 Å². The van der Waals surface area contributed by atoms with Gasteiger partial charge in [0.2, 0.25) is 0 Å². The van der Waals surface area contributed by atoms with Crippen LogP contribution in [0.5, 0.6) is 0 Å². The molecule has 0 aliphatic heterocycles. The highest BCUT2D eigenvalue weighted by molar-refractivity contribution is 9.09. The summed E-state index contributed by atoms with van der Waals surface area (Å²) in [6.07, 6.45) is 5.11. The van der Waals surface area contributed by atoms with Crippen molar-refractivity contribution in [1.29, 1.82) is 5.26 Å². The molecule has 0 N–H and O–H groups in total. The Labute approximate surface area is 64.2 Å². The highest BCUT2D eigenvalue weighted by Gasteiger charge is 2.21. The minimum absolute atomic E-state index is 0.111. The molecule has 50 valence electrons. The molecule has 1 fully saturated rings. The van der Waals surface area contributed by atoms with Crippen molar-refractivity contribution < 1.29 is 0 Å². The summed E-state index contributed by atoms with van der Waals surface area (Å²) >= 11 is 3.34. The summed E-state index contributed by atoms with van der Waals surface area (Å²) in [5.74, 6) is 0.634. The van der Waals surface area contributed by atoms with E-state index in [4.69, 9.17) is 5.26 Å². The second kappa shape index (κ2) is 3.22. The van der Waals surface area contributed by atoms with Crippen LogP contribution >= 0.6 is 15.9 Å². The molecule has 1 saturated carbocycles. The maximum absolute atomic E-state index is 8.50. The molecule has 0 spiro atoms. The van der Waals surface area contributed by atoms with Gasteiger partial charge in [-0.15, -0.1) is 0 Å². The number of rotatable bonds is 1. The molecule has 1 rings (SSSR count). The first-order chi connectivity index (χ1) is 4.34. The fourth-order valence-corrected chi connectivity index (χ4v) is 1.88. The van der Waals surface area contributed by atoms with Gasteiger partial charge in [0.1, 0.15) is 4.83 Å². The van der Waals surface area contributed by atoms with Crippen molar-refractivity contribution in [3.8, 4) is 6.07 Å². The van der Waals surface area contributed by atoms with Gasteiger partial charge in [0.15, 0.2) is 0 Å². The lowest BCUT2D eigenvalue weighted by molar-refractivity contribution is 0.581. The van der Waals surface area contributed by atoms with Crippen molar-refractivity contribution >= 4 is 15.9 Å². The van der Waals surface area contributed by atoms with E-state index in [0.29, 0.717) is 5.92 Å². The van der Waals surface area contributed by atoms with Crippen LogP contribution < -0.4 is 0 Å². The monoisotopic (exact) mass is 187 g/mol. The van der Waals surface area contributed by atoms with Crippen molar-refractivity contribution in [3.63, 3.8) is 0 Å². The van der Waals surface area contributed by atoms with Crippen LogP contribution in [0.15, 0.2) is 0 Å². The number of nitrogens with zero attached hydrogens (tertiary/aromatic N) is 1. The fourth-order valence-electron chi connectivity index (χ4n) is 1.36. The van der Waals surface area contributed by atoms with E-state index in [1.807, 2.05) is 0 Å². The molecule has 0 aromatic rings. The van der Waals surface area contributed by atoms with Gasteiger partial charge in [0.25, 0.3) is 0 Å². The Morgan fingerprint density at radius 3 is 2.44 bits per heavy atom. The van der Waals surface area contributed by atoms with E-state index in [2.05, 4.69) is 22.0 Å². The van der Waals surface area contributed by atoms with Crippen LogP contribution in [0, 0.1) is 17.2 Å². The Bertz CT molecular complexity index is 121. The molecule has 2 heteroatoms. The molecular weight excluding hydrogens is 178 g/mol. The number of hydrogen-bond acceptors (Lipinski definition) is 1. The van der Waals surface area contributed by atoms with E-state index < -0.39 is 0 Å². The molecule has 9 heavy (non-hydrogen) atoms.